The third-order valence-corrected chi connectivity index (χ3v) is 5.64. The van der Waals surface area contributed by atoms with E-state index in [1.807, 2.05) is 72.8 Å². The molecule has 0 fully saturated rings. The highest BCUT2D eigenvalue weighted by Crippen LogP contribution is 2.36. The molecule has 4 heteroatoms. The first-order valence-corrected chi connectivity index (χ1v) is 10.4. The molecule has 0 aliphatic heterocycles. The molecular weight excluding hydrogens is 392 g/mol. The van der Waals surface area contributed by atoms with Gasteiger partial charge in [0.1, 0.15) is 0 Å². The molecule has 1 heterocycles. The van der Waals surface area contributed by atoms with Crippen molar-refractivity contribution >= 4 is 44.6 Å². The molecule has 4 N–H and O–H groups in total. The summed E-state index contributed by atoms with van der Waals surface area (Å²) in [5, 5.41) is 18.9. The summed E-state index contributed by atoms with van der Waals surface area (Å²) in [5.41, 5.74) is 11.7. The third-order valence-electron chi connectivity index (χ3n) is 5.64. The van der Waals surface area contributed by atoms with Gasteiger partial charge in [0.05, 0.1) is 28.2 Å². The molecule has 6 rings (SSSR count). The number of anilines is 1. The minimum absolute atomic E-state index is 0.246. The van der Waals surface area contributed by atoms with E-state index in [1.54, 1.807) is 0 Å². The van der Waals surface area contributed by atoms with Gasteiger partial charge in [0.15, 0.2) is 0 Å². The van der Waals surface area contributed by atoms with Crippen LogP contribution in [-0.2, 0) is 0 Å². The van der Waals surface area contributed by atoms with Gasteiger partial charge in [0.25, 0.3) is 0 Å². The van der Waals surface area contributed by atoms with Crippen molar-refractivity contribution in [1.29, 1.82) is 10.8 Å². The van der Waals surface area contributed by atoms with Gasteiger partial charge in [-0.05, 0) is 30.3 Å². The Morgan fingerprint density at radius 2 is 1.06 bits per heavy atom. The topological polar surface area (TPSA) is 78.7 Å². The Morgan fingerprint density at radius 3 is 1.62 bits per heavy atom. The minimum Gasteiger partial charge on any atom is -0.399 e. The van der Waals surface area contributed by atoms with Crippen LogP contribution in [0.25, 0.3) is 27.5 Å². The standard InChI is InChI=1S/C22H15N3.C6H7N/c23-18-13-21(16-9-1-2-10-17(16)22(18)24)25-19-11-5-3-7-14(19)15-8-4-6-12-20(15)25;7-6-4-2-1-3-5-6/h1-13,23-24H;1-5H,7H2. The molecule has 0 saturated carbocycles. The van der Waals surface area contributed by atoms with Gasteiger partial charge in [0.2, 0.25) is 0 Å². The summed E-state index contributed by atoms with van der Waals surface area (Å²) in [7, 11) is 0. The van der Waals surface area contributed by atoms with Crippen LogP contribution in [-0.4, -0.2) is 16.0 Å². The third kappa shape index (κ3) is 3.28. The molecule has 0 saturated heterocycles. The van der Waals surface area contributed by atoms with Crippen LogP contribution < -0.4 is 5.73 Å². The molecule has 0 radical (unpaired) electrons. The Hall–Kier alpha value is -4.44. The highest BCUT2D eigenvalue weighted by atomic mass is 15.0. The molecular formula is C28H22N4. The maximum Gasteiger partial charge on any atom is 0.0869 e. The number of nitrogens with one attached hydrogen (secondary N) is 2. The zero-order valence-electron chi connectivity index (χ0n) is 17.4. The quantitative estimate of drug-likeness (QED) is 0.274. The fourth-order valence-corrected chi connectivity index (χ4v) is 4.18. The number of nitrogen functional groups attached to an aromatic ring is 1. The maximum absolute atomic E-state index is 8.26. The van der Waals surface area contributed by atoms with Crippen molar-refractivity contribution in [1.82, 2.24) is 4.57 Å². The largest absolute Gasteiger partial charge is 0.399 e. The molecule has 0 unspecified atom stereocenters. The van der Waals surface area contributed by atoms with E-state index >= 15 is 0 Å². The Balaban J connectivity index is 0.000000265. The minimum atomic E-state index is 0.246. The lowest BCUT2D eigenvalue weighted by Gasteiger charge is -2.21. The lowest BCUT2D eigenvalue weighted by Crippen LogP contribution is -2.20. The second-order valence-electron chi connectivity index (χ2n) is 7.64. The van der Waals surface area contributed by atoms with Crippen molar-refractivity contribution in [2.75, 3.05) is 5.73 Å². The van der Waals surface area contributed by atoms with Crippen molar-refractivity contribution < 1.29 is 0 Å². The highest BCUT2D eigenvalue weighted by Gasteiger charge is 2.23. The molecule has 32 heavy (non-hydrogen) atoms. The lowest BCUT2D eigenvalue weighted by atomic mass is 9.91. The van der Waals surface area contributed by atoms with E-state index in [9.17, 15) is 0 Å². The molecule has 0 atom stereocenters. The van der Waals surface area contributed by atoms with Crippen LogP contribution in [0.5, 0.6) is 0 Å². The predicted octanol–water partition coefficient (Wildman–Crippen LogP) is 6.35. The molecule has 1 aliphatic carbocycles. The molecule has 5 aromatic rings. The normalized spacial score (nSPS) is 12.8. The Kier molecular flexibility index (Phi) is 4.88. The molecule has 4 aromatic carbocycles. The van der Waals surface area contributed by atoms with Crippen LogP contribution in [0, 0.1) is 10.8 Å². The smallest absolute Gasteiger partial charge is 0.0869 e. The van der Waals surface area contributed by atoms with Gasteiger partial charge in [-0.15, -0.1) is 0 Å². The van der Waals surface area contributed by atoms with E-state index in [-0.39, 0.29) is 11.4 Å². The Morgan fingerprint density at radius 1 is 0.562 bits per heavy atom. The van der Waals surface area contributed by atoms with Gasteiger partial charge in [0, 0.05) is 27.6 Å². The van der Waals surface area contributed by atoms with E-state index in [0.29, 0.717) is 0 Å². The summed E-state index contributed by atoms with van der Waals surface area (Å²) in [6.07, 6.45) is 1.81. The first-order valence-electron chi connectivity index (χ1n) is 10.4. The van der Waals surface area contributed by atoms with E-state index < -0.39 is 0 Å². The number of allylic oxidation sites excluding steroid dienone is 1. The van der Waals surface area contributed by atoms with Crippen molar-refractivity contribution in [2.45, 2.75) is 0 Å². The lowest BCUT2D eigenvalue weighted by molar-refractivity contribution is 1.21. The number of hydrogen-bond donors (Lipinski definition) is 3. The number of nitrogens with two attached hydrogens (primary N) is 1. The molecule has 1 aromatic heterocycles. The second kappa shape index (κ2) is 8.00. The van der Waals surface area contributed by atoms with Crippen molar-refractivity contribution in [3.05, 3.63) is 120 Å². The van der Waals surface area contributed by atoms with Crippen LogP contribution in [0.1, 0.15) is 11.1 Å². The van der Waals surface area contributed by atoms with Crippen LogP contribution in [0.15, 0.2) is 109 Å². The predicted molar refractivity (Wildman–Crippen MR) is 135 cm³/mol. The van der Waals surface area contributed by atoms with Crippen molar-refractivity contribution in [2.24, 2.45) is 0 Å². The fourth-order valence-electron chi connectivity index (χ4n) is 4.18. The van der Waals surface area contributed by atoms with E-state index in [4.69, 9.17) is 16.6 Å². The zero-order valence-corrected chi connectivity index (χ0v) is 17.4. The average Bonchev–Trinajstić information content (AvgIpc) is 3.17. The van der Waals surface area contributed by atoms with Gasteiger partial charge >= 0.3 is 0 Å². The Labute approximate surface area is 186 Å². The summed E-state index contributed by atoms with van der Waals surface area (Å²) in [6, 6.07) is 34.1. The molecule has 0 bridgehead atoms. The van der Waals surface area contributed by atoms with Crippen molar-refractivity contribution in [3.63, 3.8) is 0 Å². The second-order valence-corrected chi connectivity index (χ2v) is 7.64. The molecule has 1 aliphatic rings. The van der Waals surface area contributed by atoms with Gasteiger partial charge in [-0.3, -0.25) is 10.8 Å². The molecule has 4 nitrogen and oxygen atoms in total. The number of rotatable bonds is 1. The molecule has 154 valence electrons. The maximum atomic E-state index is 8.26. The van der Waals surface area contributed by atoms with Crippen LogP contribution >= 0.6 is 0 Å². The van der Waals surface area contributed by atoms with E-state index in [1.165, 1.54) is 10.8 Å². The first kappa shape index (κ1) is 19.5. The zero-order chi connectivity index (χ0) is 22.1. The summed E-state index contributed by atoms with van der Waals surface area (Å²) < 4.78 is 2.21. The number of para-hydroxylation sites is 3. The summed E-state index contributed by atoms with van der Waals surface area (Å²) in [6.45, 7) is 0. The van der Waals surface area contributed by atoms with Gasteiger partial charge in [-0.1, -0.05) is 78.9 Å². The molecule has 0 spiro atoms. The van der Waals surface area contributed by atoms with Gasteiger partial charge in [-0.2, -0.15) is 0 Å². The monoisotopic (exact) mass is 414 g/mol. The van der Waals surface area contributed by atoms with Gasteiger partial charge < -0.3 is 10.3 Å². The van der Waals surface area contributed by atoms with Crippen LogP contribution in [0.2, 0.25) is 0 Å². The van der Waals surface area contributed by atoms with Crippen LogP contribution in [0.3, 0.4) is 0 Å². The number of aromatic nitrogens is 1. The Bertz CT molecular complexity index is 1450. The molecule has 0 amide bonds. The van der Waals surface area contributed by atoms with Crippen molar-refractivity contribution in [3.8, 4) is 0 Å². The summed E-state index contributed by atoms with van der Waals surface area (Å²) >= 11 is 0. The fraction of sp³-hybridized carbons (Fsp3) is 0. The first-order chi connectivity index (χ1) is 15.6. The number of hydrogen-bond acceptors (Lipinski definition) is 3. The van der Waals surface area contributed by atoms with Crippen LogP contribution in [0.4, 0.5) is 5.69 Å². The number of benzene rings is 4. The average molecular weight is 415 g/mol. The SMILES string of the molecule is N=C1C=C(n2c3ccccc3c3ccccc32)c2ccccc2C1=N.Nc1ccccc1. The summed E-state index contributed by atoms with van der Waals surface area (Å²) in [5.74, 6) is 0. The summed E-state index contributed by atoms with van der Waals surface area (Å²) in [4.78, 5) is 0. The number of nitrogens with zero attached hydrogens (tertiary/aromatic N) is 1. The van der Waals surface area contributed by atoms with E-state index in [0.717, 1.165) is 33.5 Å². The van der Waals surface area contributed by atoms with Gasteiger partial charge in [-0.25, -0.2) is 0 Å². The number of fused-ring (bicyclic) bond motifs is 4. The highest BCUT2D eigenvalue weighted by molar-refractivity contribution is 6.52. The van der Waals surface area contributed by atoms with E-state index in [2.05, 4.69) is 41.0 Å².